The lowest BCUT2D eigenvalue weighted by molar-refractivity contribution is 0.414. The first kappa shape index (κ1) is 12.7. The van der Waals surface area contributed by atoms with Crippen LogP contribution in [0.25, 0.3) is 0 Å². The standard InChI is InChI=1S/C15H19NO2/c1-11-3-6-14(18-11)9-10-15(16)12-4-7-13(17-2)8-5-12/h3-8,15H,9-10,16H2,1-2H3/t15-/m0/s1. The first-order valence-corrected chi connectivity index (χ1v) is 6.14. The summed E-state index contributed by atoms with van der Waals surface area (Å²) in [5.74, 6) is 2.80. The van der Waals surface area contributed by atoms with Gasteiger partial charge in [-0.25, -0.2) is 0 Å². The molecule has 1 aromatic carbocycles. The molecule has 0 aliphatic heterocycles. The van der Waals surface area contributed by atoms with E-state index < -0.39 is 0 Å². The van der Waals surface area contributed by atoms with Crippen LogP contribution in [0.3, 0.4) is 0 Å². The number of benzene rings is 1. The van der Waals surface area contributed by atoms with E-state index in [9.17, 15) is 0 Å². The van der Waals surface area contributed by atoms with Crippen molar-refractivity contribution >= 4 is 0 Å². The molecule has 0 radical (unpaired) electrons. The summed E-state index contributed by atoms with van der Waals surface area (Å²) in [7, 11) is 1.66. The number of ether oxygens (including phenoxy) is 1. The number of aryl methyl sites for hydroxylation is 2. The summed E-state index contributed by atoms with van der Waals surface area (Å²) < 4.78 is 10.7. The summed E-state index contributed by atoms with van der Waals surface area (Å²) >= 11 is 0. The Morgan fingerprint density at radius 1 is 1.17 bits per heavy atom. The molecule has 2 rings (SSSR count). The van der Waals surface area contributed by atoms with Crippen LogP contribution in [0.4, 0.5) is 0 Å². The van der Waals surface area contributed by atoms with E-state index in [1.165, 1.54) is 0 Å². The average molecular weight is 245 g/mol. The zero-order chi connectivity index (χ0) is 13.0. The van der Waals surface area contributed by atoms with Gasteiger partial charge in [0.05, 0.1) is 7.11 Å². The van der Waals surface area contributed by atoms with Crippen molar-refractivity contribution in [2.75, 3.05) is 7.11 Å². The molecule has 1 heterocycles. The lowest BCUT2D eigenvalue weighted by Crippen LogP contribution is -2.11. The van der Waals surface area contributed by atoms with Crippen molar-refractivity contribution in [3.63, 3.8) is 0 Å². The van der Waals surface area contributed by atoms with Gasteiger partial charge < -0.3 is 14.9 Å². The summed E-state index contributed by atoms with van der Waals surface area (Å²) in [5.41, 5.74) is 7.28. The monoisotopic (exact) mass is 245 g/mol. The van der Waals surface area contributed by atoms with Gasteiger partial charge in [0.25, 0.3) is 0 Å². The van der Waals surface area contributed by atoms with E-state index in [2.05, 4.69) is 0 Å². The van der Waals surface area contributed by atoms with E-state index in [4.69, 9.17) is 14.9 Å². The average Bonchev–Trinajstić information content (AvgIpc) is 2.82. The lowest BCUT2D eigenvalue weighted by atomic mass is 10.0. The van der Waals surface area contributed by atoms with Crippen LogP contribution in [0.2, 0.25) is 0 Å². The second-order valence-corrected chi connectivity index (χ2v) is 4.43. The minimum Gasteiger partial charge on any atom is -0.497 e. The minimum absolute atomic E-state index is 0.0290. The maximum Gasteiger partial charge on any atom is 0.118 e. The molecule has 0 unspecified atom stereocenters. The molecule has 3 nitrogen and oxygen atoms in total. The molecule has 18 heavy (non-hydrogen) atoms. The van der Waals surface area contributed by atoms with E-state index in [1.807, 2.05) is 43.3 Å². The van der Waals surface area contributed by atoms with E-state index in [0.717, 1.165) is 35.7 Å². The molecule has 0 aliphatic carbocycles. The molecule has 0 fully saturated rings. The van der Waals surface area contributed by atoms with E-state index >= 15 is 0 Å². The summed E-state index contributed by atoms with van der Waals surface area (Å²) in [6.45, 7) is 1.95. The lowest BCUT2D eigenvalue weighted by Gasteiger charge is -2.11. The number of furan rings is 1. The van der Waals surface area contributed by atoms with Crippen molar-refractivity contribution in [3.8, 4) is 5.75 Å². The molecular formula is C15H19NO2. The Balaban J connectivity index is 1.92. The number of nitrogens with two attached hydrogens (primary N) is 1. The van der Waals surface area contributed by atoms with Crippen LogP contribution < -0.4 is 10.5 Å². The molecule has 0 spiro atoms. The molecule has 1 aromatic heterocycles. The molecule has 0 bridgehead atoms. The van der Waals surface area contributed by atoms with Gasteiger partial charge in [-0.15, -0.1) is 0 Å². The highest BCUT2D eigenvalue weighted by atomic mass is 16.5. The van der Waals surface area contributed by atoms with E-state index in [-0.39, 0.29) is 6.04 Å². The topological polar surface area (TPSA) is 48.4 Å². The van der Waals surface area contributed by atoms with Crippen LogP contribution in [-0.2, 0) is 6.42 Å². The van der Waals surface area contributed by atoms with E-state index in [1.54, 1.807) is 7.11 Å². The smallest absolute Gasteiger partial charge is 0.118 e. The molecule has 0 amide bonds. The van der Waals surface area contributed by atoms with Crippen LogP contribution >= 0.6 is 0 Å². The van der Waals surface area contributed by atoms with Crippen LogP contribution in [0.5, 0.6) is 5.75 Å². The second-order valence-electron chi connectivity index (χ2n) is 4.43. The first-order valence-electron chi connectivity index (χ1n) is 6.14. The molecule has 0 aliphatic rings. The number of hydrogen-bond acceptors (Lipinski definition) is 3. The predicted octanol–water partition coefficient (Wildman–Crippen LogP) is 3.23. The normalized spacial score (nSPS) is 12.4. The number of rotatable bonds is 5. The Labute approximate surface area is 108 Å². The first-order chi connectivity index (χ1) is 8.69. The highest BCUT2D eigenvalue weighted by Crippen LogP contribution is 2.20. The fourth-order valence-electron chi connectivity index (χ4n) is 1.94. The van der Waals surface area contributed by atoms with Gasteiger partial charge in [0.15, 0.2) is 0 Å². The fourth-order valence-corrected chi connectivity index (χ4v) is 1.94. The maximum absolute atomic E-state index is 6.16. The number of methoxy groups -OCH3 is 1. The second kappa shape index (κ2) is 5.74. The van der Waals surface area contributed by atoms with Crippen molar-refractivity contribution in [2.24, 2.45) is 5.73 Å². The SMILES string of the molecule is COc1ccc([C@@H](N)CCc2ccc(C)o2)cc1. The van der Waals surface area contributed by atoms with E-state index in [0.29, 0.717) is 0 Å². The van der Waals surface area contributed by atoms with Gasteiger partial charge in [-0.2, -0.15) is 0 Å². The Kier molecular flexibility index (Phi) is 4.05. The van der Waals surface area contributed by atoms with Gasteiger partial charge >= 0.3 is 0 Å². The summed E-state index contributed by atoms with van der Waals surface area (Å²) in [4.78, 5) is 0. The van der Waals surface area contributed by atoms with Crippen molar-refractivity contribution in [2.45, 2.75) is 25.8 Å². The van der Waals surface area contributed by atoms with Crippen molar-refractivity contribution in [1.29, 1.82) is 0 Å². The summed E-state index contributed by atoms with van der Waals surface area (Å²) in [6.07, 6.45) is 1.74. The highest BCUT2D eigenvalue weighted by molar-refractivity contribution is 5.29. The zero-order valence-electron chi connectivity index (χ0n) is 10.8. The van der Waals surface area contributed by atoms with Crippen molar-refractivity contribution in [1.82, 2.24) is 0 Å². The molecule has 96 valence electrons. The molecule has 2 N–H and O–H groups in total. The fraction of sp³-hybridized carbons (Fsp3) is 0.333. The summed E-state index contributed by atoms with van der Waals surface area (Å²) in [5, 5.41) is 0. The van der Waals surface area contributed by atoms with Crippen molar-refractivity contribution in [3.05, 3.63) is 53.5 Å². The molecule has 3 heteroatoms. The van der Waals surface area contributed by atoms with Crippen LogP contribution in [0, 0.1) is 6.92 Å². The van der Waals surface area contributed by atoms with Crippen LogP contribution in [-0.4, -0.2) is 7.11 Å². The quantitative estimate of drug-likeness (QED) is 0.879. The number of hydrogen-bond donors (Lipinski definition) is 1. The highest BCUT2D eigenvalue weighted by Gasteiger charge is 2.08. The zero-order valence-corrected chi connectivity index (χ0v) is 10.8. The van der Waals surface area contributed by atoms with Crippen LogP contribution in [0.15, 0.2) is 40.8 Å². The van der Waals surface area contributed by atoms with Gasteiger partial charge in [0, 0.05) is 12.5 Å². The molecule has 2 aromatic rings. The van der Waals surface area contributed by atoms with Gasteiger partial charge in [-0.3, -0.25) is 0 Å². The third-order valence-corrected chi connectivity index (χ3v) is 3.04. The Morgan fingerprint density at radius 2 is 1.89 bits per heavy atom. The Hall–Kier alpha value is -1.74. The third kappa shape index (κ3) is 3.14. The maximum atomic E-state index is 6.16. The molecule has 0 saturated carbocycles. The Morgan fingerprint density at radius 3 is 2.44 bits per heavy atom. The predicted molar refractivity (Wildman–Crippen MR) is 71.7 cm³/mol. The summed E-state index contributed by atoms with van der Waals surface area (Å²) in [6, 6.07) is 11.9. The molecule has 1 atom stereocenters. The Bertz CT molecular complexity index is 487. The largest absolute Gasteiger partial charge is 0.497 e. The van der Waals surface area contributed by atoms with Crippen molar-refractivity contribution < 1.29 is 9.15 Å². The van der Waals surface area contributed by atoms with Gasteiger partial charge in [-0.1, -0.05) is 12.1 Å². The van der Waals surface area contributed by atoms with Gasteiger partial charge in [-0.05, 0) is 43.2 Å². The molecular weight excluding hydrogens is 226 g/mol. The van der Waals surface area contributed by atoms with Crippen LogP contribution in [0.1, 0.15) is 29.5 Å². The van der Waals surface area contributed by atoms with Gasteiger partial charge in [0.2, 0.25) is 0 Å². The molecule has 0 saturated heterocycles. The third-order valence-electron chi connectivity index (χ3n) is 3.04. The minimum atomic E-state index is 0.0290. The van der Waals surface area contributed by atoms with Gasteiger partial charge in [0.1, 0.15) is 17.3 Å².